The number of hydrogen-bond acceptors (Lipinski definition) is 4. The number of aromatic nitrogens is 5. The molecule has 0 amide bonds. The molecule has 0 saturated heterocycles. The third-order valence-corrected chi connectivity index (χ3v) is 3.85. The summed E-state index contributed by atoms with van der Waals surface area (Å²) in [6.07, 6.45) is -2.65. The minimum Gasteiger partial charge on any atom is -0.337 e. The molecule has 25 heavy (non-hydrogen) atoms. The van der Waals surface area contributed by atoms with Crippen LogP contribution in [0, 0.1) is 6.92 Å². The first kappa shape index (κ1) is 15.4. The molecule has 4 aromatic rings. The van der Waals surface area contributed by atoms with E-state index in [1.807, 2.05) is 6.07 Å². The Kier molecular flexibility index (Phi) is 3.38. The summed E-state index contributed by atoms with van der Waals surface area (Å²) in [5, 5.41) is 14.8. The highest BCUT2D eigenvalue weighted by atomic mass is 19.4. The SMILES string of the molecule is Cc1nn(CC(F)(F)F)c2ccc(Nc3n[nH]c4cccnc34)cc12. The summed E-state index contributed by atoms with van der Waals surface area (Å²) >= 11 is 0. The Morgan fingerprint density at radius 1 is 1.24 bits per heavy atom. The van der Waals surface area contributed by atoms with E-state index in [1.54, 1.807) is 37.4 Å². The number of rotatable bonds is 3. The number of hydrogen-bond donors (Lipinski definition) is 2. The lowest BCUT2D eigenvalue weighted by atomic mass is 10.2. The molecule has 6 nitrogen and oxygen atoms in total. The van der Waals surface area contributed by atoms with Gasteiger partial charge in [-0.15, -0.1) is 0 Å². The number of halogens is 3. The molecule has 0 atom stereocenters. The second-order valence-electron chi connectivity index (χ2n) is 5.69. The van der Waals surface area contributed by atoms with Gasteiger partial charge in [0.25, 0.3) is 0 Å². The molecule has 0 aliphatic rings. The van der Waals surface area contributed by atoms with E-state index < -0.39 is 12.7 Å². The van der Waals surface area contributed by atoms with Crippen molar-refractivity contribution >= 4 is 33.4 Å². The maximum atomic E-state index is 12.7. The van der Waals surface area contributed by atoms with Gasteiger partial charge in [-0.1, -0.05) is 0 Å². The van der Waals surface area contributed by atoms with E-state index >= 15 is 0 Å². The number of H-pyrrole nitrogens is 1. The Bertz CT molecular complexity index is 1060. The Labute approximate surface area is 139 Å². The van der Waals surface area contributed by atoms with Gasteiger partial charge in [-0.3, -0.25) is 14.8 Å². The number of nitrogens with zero attached hydrogens (tertiary/aromatic N) is 4. The van der Waals surface area contributed by atoms with E-state index in [4.69, 9.17) is 0 Å². The van der Waals surface area contributed by atoms with Crippen LogP contribution in [-0.4, -0.2) is 31.1 Å². The largest absolute Gasteiger partial charge is 0.408 e. The number of anilines is 2. The van der Waals surface area contributed by atoms with Crippen molar-refractivity contribution in [2.24, 2.45) is 0 Å². The molecule has 0 aliphatic carbocycles. The number of pyridine rings is 1. The first-order chi connectivity index (χ1) is 11.9. The van der Waals surface area contributed by atoms with Crippen LogP contribution in [0.25, 0.3) is 21.9 Å². The third kappa shape index (κ3) is 2.88. The van der Waals surface area contributed by atoms with Crippen LogP contribution in [0.2, 0.25) is 0 Å². The molecule has 0 saturated carbocycles. The van der Waals surface area contributed by atoms with Crippen molar-refractivity contribution in [3.63, 3.8) is 0 Å². The molecular weight excluding hydrogens is 333 g/mol. The van der Waals surface area contributed by atoms with E-state index in [0.717, 1.165) is 10.2 Å². The van der Waals surface area contributed by atoms with Gasteiger partial charge in [0.2, 0.25) is 0 Å². The molecule has 1 aromatic carbocycles. The minimum absolute atomic E-state index is 0.436. The molecular formula is C16H13F3N6. The summed E-state index contributed by atoms with van der Waals surface area (Å²) < 4.78 is 39.0. The zero-order valence-electron chi connectivity index (χ0n) is 13.1. The van der Waals surface area contributed by atoms with Gasteiger partial charge in [0.1, 0.15) is 12.1 Å². The topological polar surface area (TPSA) is 71.4 Å². The quantitative estimate of drug-likeness (QED) is 0.590. The van der Waals surface area contributed by atoms with Crippen molar-refractivity contribution in [1.29, 1.82) is 0 Å². The normalized spacial score (nSPS) is 12.2. The Morgan fingerprint density at radius 3 is 2.88 bits per heavy atom. The molecule has 4 rings (SSSR count). The lowest BCUT2D eigenvalue weighted by Gasteiger charge is -2.08. The highest BCUT2D eigenvalue weighted by Crippen LogP contribution is 2.28. The fourth-order valence-corrected chi connectivity index (χ4v) is 2.78. The Hall–Kier alpha value is -3.10. The molecule has 128 valence electrons. The van der Waals surface area contributed by atoms with Crippen molar-refractivity contribution < 1.29 is 13.2 Å². The number of benzene rings is 1. The van der Waals surface area contributed by atoms with E-state index in [1.165, 1.54) is 0 Å². The van der Waals surface area contributed by atoms with Gasteiger partial charge in [-0.05, 0) is 37.3 Å². The summed E-state index contributed by atoms with van der Waals surface area (Å²) in [7, 11) is 0. The van der Waals surface area contributed by atoms with Crippen LogP contribution in [0.1, 0.15) is 5.69 Å². The summed E-state index contributed by atoms with van der Waals surface area (Å²) in [4.78, 5) is 4.26. The number of alkyl halides is 3. The van der Waals surface area contributed by atoms with Gasteiger partial charge in [0.05, 0.1) is 16.7 Å². The van der Waals surface area contributed by atoms with Crippen molar-refractivity contribution in [1.82, 2.24) is 25.0 Å². The number of aryl methyl sites for hydroxylation is 1. The van der Waals surface area contributed by atoms with Crippen LogP contribution in [0.5, 0.6) is 0 Å². The van der Waals surface area contributed by atoms with E-state index in [2.05, 4.69) is 25.6 Å². The van der Waals surface area contributed by atoms with E-state index in [9.17, 15) is 13.2 Å². The predicted octanol–water partition coefficient (Wildman–Crippen LogP) is 3.92. The van der Waals surface area contributed by atoms with Crippen LogP contribution in [0.15, 0.2) is 36.5 Å². The van der Waals surface area contributed by atoms with Gasteiger partial charge in [-0.2, -0.15) is 23.4 Å². The van der Waals surface area contributed by atoms with E-state index in [-0.39, 0.29) is 0 Å². The molecule has 0 spiro atoms. The summed E-state index contributed by atoms with van der Waals surface area (Å²) in [6.45, 7) is 0.572. The average molecular weight is 346 g/mol. The summed E-state index contributed by atoms with van der Waals surface area (Å²) in [5.41, 5.74) is 3.15. The molecule has 0 unspecified atom stereocenters. The van der Waals surface area contributed by atoms with Gasteiger partial charge >= 0.3 is 6.18 Å². The van der Waals surface area contributed by atoms with Gasteiger partial charge in [0.15, 0.2) is 5.82 Å². The number of aromatic amines is 1. The Balaban J connectivity index is 1.71. The third-order valence-electron chi connectivity index (χ3n) is 3.85. The molecule has 0 bridgehead atoms. The lowest BCUT2D eigenvalue weighted by molar-refractivity contribution is -0.141. The second kappa shape index (κ2) is 5.47. The average Bonchev–Trinajstić information content (AvgIpc) is 3.08. The van der Waals surface area contributed by atoms with Crippen LogP contribution in [0.3, 0.4) is 0 Å². The maximum absolute atomic E-state index is 12.7. The standard InChI is InChI=1S/C16H13F3N6/c1-9-11-7-10(4-5-13(11)25(24-9)8-16(17,18)19)21-15-14-12(22-23-15)3-2-6-20-14/h2-7H,8H2,1H3,(H2,21,22,23). The predicted molar refractivity (Wildman–Crippen MR) is 87.7 cm³/mol. The zero-order valence-corrected chi connectivity index (χ0v) is 13.1. The zero-order chi connectivity index (χ0) is 17.6. The van der Waals surface area contributed by atoms with Gasteiger partial charge in [-0.25, -0.2) is 0 Å². The molecule has 2 N–H and O–H groups in total. The smallest absolute Gasteiger partial charge is 0.337 e. The van der Waals surface area contributed by atoms with Crippen molar-refractivity contribution in [3.8, 4) is 0 Å². The molecule has 3 aromatic heterocycles. The minimum atomic E-state index is -4.32. The van der Waals surface area contributed by atoms with Crippen LogP contribution >= 0.6 is 0 Å². The van der Waals surface area contributed by atoms with Crippen LogP contribution < -0.4 is 5.32 Å². The summed E-state index contributed by atoms with van der Waals surface area (Å²) in [6, 6.07) is 8.73. The Morgan fingerprint density at radius 2 is 2.08 bits per heavy atom. The molecule has 0 fully saturated rings. The fourth-order valence-electron chi connectivity index (χ4n) is 2.78. The van der Waals surface area contributed by atoms with Crippen molar-refractivity contribution in [2.75, 3.05) is 5.32 Å². The van der Waals surface area contributed by atoms with E-state index in [0.29, 0.717) is 33.6 Å². The fraction of sp³-hybridized carbons (Fsp3) is 0.188. The maximum Gasteiger partial charge on any atom is 0.408 e. The molecule has 0 radical (unpaired) electrons. The highest BCUT2D eigenvalue weighted by Gasteiger charge is 2.29. The molecule has 3 heterocycles. The van der Waals surface area contributed by atoms with Crippen molar-refractivity contribution in [2.45, 2.75) is 19.6 Å². The first-order valence-corrected chi connectivity index (χ1v) is 7.51. The highest BCUT2D eigenvalue weighted by molar-refractivity contribution is 5.90. The lowest BCUT2D eigenvalue weighted by Crippen LogP contribution is -2.18. The summed E-state index contributed by atoms with van der Waals surface area (Å²) in [5.74, 6) is 0.551. The number of nitrogens with one attached hydrogen (secondary N) is 2. The van der Waals surface area contributed by atoms with Crippen LogP contribution in [0.4, 0.5) is 24.7 Å². The monoisotopic (exact) mass is 346 g/mol. The van der Waals surface area contributed by atoms with Crippen LogP contribution in [-0.2, 0) is 6.54 Å². The second-order valence-corrected chi connectivity index (χ2v) is 5.69. The molecule has 9 heteroatoms. The van der Waals surface area contributed by atoms with Gasteiger partial charge in [0, 0.05) is 17.3 Å². The van der Waals surface area contributed by atoms with Gasteiger partial charge < -0.3 is 5.32 Å². The molecule has 0 aliphatic heterocycles. The van der Waals surface area contributed by atoms with Crippen molar-refractivity contribution in [3.05, 3.63) is 42.2 Å². The number of fused-ring (bicyclic) bond motifs is 2. The first-order valence-electron chi connectivity index (χ1n) is 7.51.